The van der Waals surface area contributed by atoms with Gasteiger partial charge in [-0.25, -0.2) is 9.37 Å². The van der Waals surface area contributed by atoms with Crippen molar-refractivity contribution in [2.24, 2.45) is 0 Å². The quantitative estimate of drug-likeness (QED) is 0.476. The molecule has 2 N–H and O–H groups in total. The highest BCUT2D eigenvalue weighted by molar-refractivity contribution is 5.93. The number of halogens is 1. The van der Waals surface area contributed by atoms with E-state index in [4.69, 9.17) is 9.47 Å². The van der Waals surface area contributed by atoms with Crippen LogP contribution in [0.3, 0.4) is 0 Å². The minimum Gasteiger partial charge on any atom is -0.458 e. The van der Waals surface area contributed by atoms with E-state index in [1.807, 2.05) is 27.0 Å². The van der Waals surface area contributed by atoms with E-state index in [-0.39, 0.29) is 41.5 Å². The van der Waals surface area contributed by atoms with Gasteiger partial charge in [0.05, 0.1) is 12.8 Å². The molecule has 1 aliphatic heterocycles. The number of fused-ring (bicyclic) bond motifs is 1. The normalized spacial score (nSPS) is 16.3. The lowest BCUT2D eigenvalue weighted by molar-refractivity contribution is 0.0841. The highest BCUT2D eigenvalue weighted by Crippen LogP contribution is 2.34. The zero-order valence-corrected chi connectivity index (χ0v) is 20.7. The predicted molar refractivity (Wildman–Crippen MR) is 131 cm³/mol. The lowest BCUT2D eigenvalue weighted by Gasteiger charge is -2.33. The van der Waals surface area contributed by atoms with Gasteiger partial charge in [0.15, 0.2) is 0 Å². The summed E-state index contributed by atoms with van der Waals surface area (Å²) in [7, 11) is 1.60. The molecule has 1 amide bonds. The Bertz CT molecular complexity index is 1160. The zero-order valence-electron chi connectivity index (χ0n) is 20.7. The van der Waals surface area contributed by atoms with Gasteiger partial charge in [-0.15, -0.1) is 0 Å². The molecule has 1 fully saturated rings. The predicted octanol–water partition coefficient (Wildman–Crippen LogP) is 3.82. The zero-order chi connectivity index (χ0) is 24.9. The number of pyridine rings is 1. The molecule has 9 nitrogen and oxygen atoms in total. The van der Waals surface area contributed by atoms with Crippen molar-refractivity contribution in [1.82, 2.24) is 25.3 Å². The first-order chi connectivity index (χ1) is 16.9. The number of rotatable bonds is 9. The summed E-state index contributed by atoms with van der Waals surface area (Å²) >= 11 is 0. The van der Waals surface area contributed by atoms with Gasteiger partial charge in [-0.3, -0.25) is 4.79 Å². The summed E-state index contributed by atoms with van der Waals surface area (Å²) in [5, 5.41) is 3.79. The van der Waals surface area contributed by atoms with E-state index in [0.717, 1.165) is 43.3 Å². The largest absolute Gasteiger partial charge is 0.458 e. The van der Waals surface area contributed by atoms with E-state index in [2.05, 4.69) is 30.2 Å². The molecule has 10 heteroatoms. The molecule has 1 saturated heterocycles. The van der Waals surface area contributed by atoms with Crippen LogP contribution in [-0.2, 0) is 4.74 Å². The number of anilines is 1. The Hall–Kier alpha value is -3.27. The standard InChI is InChI=1S/C25H33FN6O3/c1-5-15(2)29-24(33)21-11-22(31-25(30-21)35-16(3)14-34-4)32-8-6-17(7-9-32)20-13-28-23-19(20)10-18(26)12-27-23/h10-13,15-17H,5-9,14H2,1-4H3,(H,27,28)(H,29,33)/t15-,16-/m1/s1. The molecule has 0 saturated carbocycles. The molecule has 0 spiro atoms. The van der Waals surface area contributed by atoms with Crippen molar-refractivity contribution in [2.45, 2.75) is 58.1 Å². The van der Waals surface area contributed by atoms with Crippen molar-refractivity contribution in [1.29, 1.82) is 0 Å². The molecule has 2 atom stereocenters. The summed E-state index contributed by atoms with van der Waals surface area (Å²) in [6.07, 6.45) is 5.43. The molecule has 188 valence electrons. The molecule has 3 aromatic rings. The second kappa shape index (κ2) is 11.0. The fourth-order valence-corrected chi connectivity index (χ4v) is 4.35. The van der Waals surface area contributed by atoms with Crippen molar-refractivity contribution < 1.29 is 18.7 Å². The van der Waals surface area contributed by atoms with Gasteiger partial charge in [0.1, 0.15) is 29.1 Å². The number of carbonyl (C=O) groups is 1. The number of hydrogen-bond donors (Lipinski definition) is 2. The van der Waals surface area contributed by atoms with E-state index in [1.165, 1.54) is 12.3 Å². The second-order valence-corrected chi connectivity index (χ2v) is 9.12. The maximum absolute atomic E-state index is 13.8. The lowest BCUT2D eigenvalue weighted by Crippen LogP contribution is -2.35. The van der Waals surface area contributed by atoms with Crippen LogP contribution in [0.5, 0.6) is 6.01 Å². The Labute approximate surface area is 204 Å². The van der Waals surface area contributed by atoms with Crippen molar-refractivity contribution in [3.8, 4) is 6.01 Å². The highest BCUT2D eigenvalue weighted by Gasteiger charge is 2.26. The maximum atomic E-state index is 13.8. The number of carbonyl (C=O) groups excluding carboxylic acids is 1. The van der Waals surface area contributed by atoms with Crippen LogP contribution in [0.2, 0.25) is 0 Å². The van der Waals surface area contributed by atoms with E-state index in [0.29, 0.717) is 18.1 Å². The topological polar surface area (TPSA) is 105 Å². The molecule has 0 aromatic carbocycles. The Morgan fingerprint density at radius 2 is 2.06 bits per heavy atom. The van der Waals surface area contributed by atoms with Gasteiger partial charge in [-0.2, -0.15) is 9.97 Å². The Morgan fingerprint density at radius 1 is 1.29 bits per heavy atom. The summed E-state index contributed by atoms with van der Waals surface area (Å²) in [6.45, 7) is 7.68. The van der Waals surface area contributed by atoms with Crippen LogP contribution in [0.1, 0.15) is 62.0 Å². The summed E-state index contributed by atoms with van der Waals surface area (Å²) in [5.41, 5.74) is 2.05. The van der Waals surface area contributed by atoms with Crippen LogP contribution in [0.4, 0.5) is 10.2 Å². The first-order valence-corrected chi connectivity index (χ1v) is 12.1. The van der Waals surface area contributed by atoms with Crippen LogP contribution in [0.25, 0.3) is 11.0 Å². The third-order valence-electron chi connectivity index (χ3n) is 6.41. The summed E-state index contributed by atoms with van der Waals surface area (Å²) < 4.78 is 24.8. The molecule has 0 radical (unpaired) electrons. The number of piperidine rings is 1. The summed E-state index contributed by atoms with van der Waals surface area (Å²) in [4.78, 5) is 31.2. The fraction of sp³-hybridized carbons (Fsp3) is 0.520. The van der Waals surface area contributed by atoms with E-state index < -0.39 is 0 Å². The Balaban J connectivity index is 1.53. The number of ether oxygens (including phenoxy) is 2. The first-order valence-electron chi connectivity index (χ1n) is 12.1. The van der Waals surface area contributed by atoms with Crippen LogP contribution in [0, 0.1) is 5.82 Å². The average Bonchev–Trinajstić information content (AvgIpc) is 3.27. The molecule has 4 heterocycles. The van der Waals surface area contributed by atoms with Gasteiger partial charge in [-0.05, 0) is 50.7 Å². The molecule has 0 bridgehead atoms. The van der Waals surface area contributed by atoms with Crippen molar-refractivity contribution in [3.63, 3.8) is 0 Å². The minimum absolute atomic E-state index is 0.0314. The Morgan fingerprint density at radius 3 is 2.77 bits per heavy atom. The van der Waals surface area contributed by atoms with Gasteiger partial charge in [0.2, 0.25) is 0 Å². The van der Waals surface area contributed by atoms with E-state index >= 15 is 0 Å². The SMILES string of the molecule is CC[C@@H](C)NC(=O)c1cc(N2CCC(c3c[nH]c4ncc(F)cc34)CC2)nc(O[C@H](C)COC)n1. The smallest absolute Gasteiger partial charge is 0.319 e. The van der Waals surface area contributed by atoms with E-state index in [1.54, 1.807) is 13.2 Å². The second-order valence-electron chi connectivity index (χ2n) is 9.12. The average molecular weight is 485 g/mol. The number of nitrogens with zero attached hydrogens (tertiary/aromatic N) is 4. The first kappa shape index (κ1) is 24.8. The highest BCUT2D eigenvalue weighted by atomic mass is 19.1. The lowest BCUT2D eigenvalue weighted by atomic mass is 9.89. The van der Waals surface area contributed by atoms with Gasteiger partial charge in [0.25, 0.3) is 5.91 Å². The van der Waals surface area contributed by atoms with E-state index in [9.17, 15) is 9.18 Å². The number of aromatic amines is 1. The monoisotopic (exact) mass is 484 g/mol. The minimum atomic E-state index is -0.338. The molecule has 4 rings (SSSR count). The van der Waals surface area contributed by atoms with Gasteiger partial charge < -0.3 is 24.7 Å². The van der Waals surface area contributed by atoms with Crippen molar-refractivity contribution in [2.75, 3.05) is 31.7 Å². The third kappa shape index (κ3) is 5.87. The van der Waals surface area contributed by atoms with Gasteiger partial charge in [0, 0.05) is 43.9 Å². The number of hydrogen-bond acceptors (Lipinski definition) is 7. The molecule has 0 unspecified atom stereocenters. The third-order valence-corrected chi connectivity index (χ3v) is 6.41. The number of amides is 1. The van der Waals surface area contributed by atoms with Crippen LogP contribution < -0.4 is 15.0 Å². The molecule has 1 aliphatic rings. The molecule has 3 aromatic heterocycles. The Kier molecular flexibility index (Phi) is 7.80. The van der Waals surface area contributed by atoms with Crippen LogP contribution in [-0.4, -0.2) is 64.8 Å². The number of aromatic nitrogens is 4. The van der Waals surface area contributed by atoms with Crippen LogP contribution in [0.15, 0.2) is 24.5 Å². The van der Waals surface area contributed by atoms with Gasteiger partial charge >= 0.3 is 6.01 Å². The maximum Gasteiger partial charge on any atom is 0.319 e. The molecule has 35 heavy (non-hydrogen) atoms. The summed E-state index contributed by atoms with van der Waals surface area (Å²) in [5.74, 6) is 0.334. The van der Waals surface area contributed by atoms with Crippen LogP contribution >= 0.6 is 0 Å². The fourth-order valence-electron chi connectivity index (χ4n) is 4.35. The summed E-state index contributed by atoms with van der Waals surface area (Å²) in [6, 6.07) is 3.44. The van der Waals surface area contributed by atoms with Crippen molar-refractivity contribution in [3.05, 3.63) is 41.6 Å². The van der Waals surface area contributed by atoms with Crippen molar-refractivity contribution >= 4 is 22.8 Å². The number of H-pyrrole nitrogens is 1. The van der Waals surface area contributed by atoms with Gasteiger partial charge in [-0.1, -0.05) is 6.92 Å². The molecule has 0 aliphatic carbocycles. The number of nitrogens with one attached hydrogen (secondary N) is 2. The molecular weight excluding hydrogens is 451 g/mol. The molecular formula is C25H33FN6O3. The number of methoxy groups -OCH3 is 1.